The molecule has 0 aliphatic heterocycles. The molecule has 18 heavy (non-hydrogen) atoms. The van der Waals surface area contributed by atoms with Crippen molar-refractivity contribution in [2.24, 2.45) is 0 Å². The second-order valence-corrected chi connectivity index (χ2v) is 8.09. The molecule has 7 heteroatoms. The van der Waals surface area contributed by atoms with Crippen LogP contribution >= 0.6 is 54.5 Å². The molecule has 0 aromatic carbocycles. The van der Waals surface area contributed by atoms with Crippen molar-refractivity contribution in [1.82, 2.24) is 15.5 Å². The topological polar surface area (TPSA) is 37.8 Å². The first-order valence-electron chi connectivity index (χ1n) is 5.63. The number of halogens is 2. The van der Waals surface area contributed by atoms with Crippen LogP contribution in [0.25, 0.3) is 9.88 Å². The number of nitrogens with zero attached hydrogens (tertiary/aromatic N) is 2. The van der Waals surface area contributed by atoms with Crippen molar-refractivity contribution < 1.29 is 0 Å². The lowest BCUT2D eigenvalue weighted by Gasteiger charge is -2.08. The van der Waals surface area contributed by atoms with Gasteiger partial charge in [-0.2, -0.15) is 0 Å². The Bertz CT molecular complexity index is 505. The Morgan fingerprint density at radius 2 is 2.11 bits per heavy atom. The lowest BCUT2D eigenvalue weighted by Crippen LogP contribution is -2.18. The van der Waals surface area contributed by atoms with Crippen molar-refractivity contribution in [3.8, 4) is 9.88 Å². The van der Waals surface area contributed by atoms with Gasteiger partial charge >= 0.3 is 0 Å². The Hall–Kier alpha value is 0.180. The van der Waals surface area contributed by atoms with Gasteiger partial charge in [-0.1, -0.05) is 18.3 Å². The molecule has 0 amide bonds. The molecule has 0 saturated heterocycles. The maximum absolute atomic E-state index is 4.27. The zero-order chi connectivity index (χ0) is 13.1. The monoisotopic (exact) mass is 409 g/mol. The van der Waals surface area contributed by atoms with Crippen molar-refractivity contribution in [3.05, 3.63) is 19.3 Å². The van der Waals surface area contributed by atoms with Crippen LogP contribution in [0.5, 0.6) is 0 Å². The number of rotatable bonds is 5. The maximum atomic E-state index is 4.27. The first-order valence-corrected chi connectivity index (χ1v) is 8.85. The second-order valence-electron chi connectivity index (χ2n) is 3.85. The van der Waals surface area contributed by atoms with Gasteiger partial charge in [0.2, 0.25) is 0 Å². The predicted octanol–water partition coefficient (Wildman–Crippen LogP) is 4.85. The smallest absolute Gasteiger partial charge is 0.157 e. The summed E-state index contributed by atoms with van der Waals surface area (Å²) >= 11 is 10.3. The Balaban J connectivity index is 2.14. The highest BCUT2D eigenvalue weighted by Crippen LogP contribution is 2.39. The van der Waals surface area contributed by atoms with E-state index in [1.165, 1.54) is 0 Å². The molecule has 2 aromatic rings. The summed E-state index contributed by atoms with van der Waals surface area (Å²) in [6.45, 7) is 5.29. The minimum absolute atomic E-state index is 0.267. The van der Waals surface area contributed by atoms with Crippen LogP contribution in [0.3, 0.4) is 0 Å². The second kappa shape index (κ2) is 6.56. The first-order chi connectivity index (χ1) is 8.61. The summed E-state index contributed by atoms with van der Waals surface area (Å²) in [6.07, 6.45) is 1.13. The minimum atomic E-state index is 0.267. The Morgan fingerprint density at radius 3 is 2.72 bits per heavy atom. The highest BCUT2D eigenvalue weighted by molar-refractivity contribution is 9.13. The molecular weight excluding hydrogens is 398 g/mol. The standard InChI is InChI=1S/C11H13Br2N3S2/c1-3-4-14-6(2)10-15-16-11(18-10)8-5-7(12)9(13)17-8/h5-6,14H,3-4H2,1-2H3. The van der Waals surface area contributed by atoms with Gasteiger partial charge in [0.25, 0.3) is 0 Å². The number of hydrogen-bond acceptors (Lipinski definition) is 5. The van der Waals surface area contributed by atoms with E-state index in [1.54, 1.807) is 22.7 Å². The number of thiophene rings is 1. The van der Waals surface area contributed by atoms with Gasteiger partial charge < -0.3 is 5.32 Å². The average molecular weight is 411 g/mol. The number of aromatic nitrogens is 2. The third kappa shape index (κ3) is 3.39. The molecule has 0 spiro atoms. The van der Waals surface area contributed by atoms with E-state index in [2.05, 4.69) is 67.3 Å². The van der Waals surface area contributed by atoms with Gasteiger partial charge in [-0.25, -0.2) is 0 Å². The molecule has 0 aliphatic rings. The quantitative estimate of drug-likeness (QED) is 0.765. The number of nitrogens with one attached hydrogen (secondary N) is 1. The fraction of sp³-hybridized carbons (Fsp3) is 0.455. The van der Waals surface area contributed by atoms with Gasteiger partial charge in [-0.15, -0.1) is 21.5 Å². The SMILES string of the molecule is CCCNC(C)c1nnc(-c2cc(Br)c(Br)s2)s1. The summed E-state index contributed by atoms with van der Waals surface area (Å²) in [7, 11) is 0. The fourth-order valence-corrected chi connectivity index (χ4v) is 4.36. The molecule has 2 rings (SSSR count). The molecule has 98 valence electrons. The van der Waals surface area contributed by atoms with Crippen LogP contribution in [0.2, 0.25) is 0 Å². The molecule has 2 heterocycles. The van der Waals surface area contributed by atoms with Gasteiger partial charge in [-0.3, -0.25) is 0 Å². The first kappa shape index (κ1) is 14.6. The molecule has 1 N–H and O–H groups in total. The maximum Gasteiger partial charge on any atom is 0.157 e. The zero-order valence-electron chi connectivity index (χ0n) is 10.0. The molecule has 0 saturated carbocycles. The van der Waals surface area contributed by atoms with Crippen molar-refractivity contribution in [2.75, 3.05) is 6.54 Å². The Labute approximate surface area is 131 Å². The summed E-state index contributed by atoms with van der Waals surface area (Å²) in [4.78, 5) is 1.14. The van der Waals surface area contributed by atoms with Gasteiger partial charge in [0.05, 0.1) is 14.7 Å². The molecule has 1 unspecified atom stereocenters. The third-order valence-electron chi connectivity index (χ3n) is 2.37. The molecule has 3 nitrogen and oxygen atoms in total. The summed E-state index contributed by atoms with van der Waals surface area (Å²) in [5.41, 5.74) is 0. The van der Waals surface area contributed by atoms with Crippen molar-refractivity contribution >= 4 is 54.5 Å². The highest BCUT2D eigenvalue weighted by Gasteiger charge is 2.14. The normalized spacial score (nSPS) is 12.9. The highest BCUT2D eigenvalue weighted by atomic mass is 79.9. The average Bonchev–Trinajstić information content (AvgIpc) is 2.94. The molecule has 0 bridgehead atoms. The van der Waals surface area contributed by atoms with E-state index in [1.807, 2.05) is 0 Å². The third-order valence-corrected chi connectivity index (χ3v) is 6.90. The van der Waals surface area contributed by atoms with Crippen LogP contribution in [-0.2, 0) is 0 Å². The largest absolute Gasteiger partial charge is 0.308 e. The molecule has 0 radical (unpaired) electrons. The predicted molar refractivity (Wildman–Crippen MR) is 85.3 cm³/mol. The van der Waals surface area contributed by atoms with Gasteiger partial charge in [0.15, 0.2) is 5.01 Å². The molecule has 0 aliphatic carbocycles. The number of hydrogen-bond donors (Lipinski definition) is 1. The summed E-state index contributed by atoms with van der Waals surface area (Å²) in [5.74, 6) is 0. The summed E-state index contributed by atoms with van der Waals surface area (Å²) in [5, 5.41) is 14.0. The van der Waals surface area contributed by atoms with E-state index in [9.17, 15) is 0 Å². The molecular formula is C11H13Br2N3S2. The fourth-order valence-electron chi connectivity index (χ4n) is 1.41. The van der Waals surface area contributed by atoms with Gasteiger partial charge in [0.1, 0.15) is 5.01 Å². The van der Waals surface area contributed by atoms with Crippen LogP contribution in [0.15, 0.2) is 14.3 Å². The van der Waals surface area contributed by atoms with Crippen LogP contribution < -0.4 is 5.32 Å². The molecule has 2 aromatic heterocycles. The van der Waals surface area contributed by atoms with Crippen LogP contribution in [-0.4, -0.2) is 16.7 Å². The van der Waals surface area contributed by atoms with Crippen LogP contribution in [0.4, 0.5) is 0 Å². The van der Waals surface area contributed by atoms with E-state index in [4.69, 9.17) is 0 Å². The summed E-state index contributed by atoms with van der Waals surface area (Å²) < 4.78 is 2.16. The van der Waals surface area contributed by atoms with E-state index in [-0.39, 0.29) is 6.04 Å². The Kier molecular flexibility index (Phi) is 5.32. The van der Waals surface area contributed by atoms with E-state index in [0.717, 1.165) is 36.1 Å². The van der Waals surface area contributed by atoms with Crippen molar-refractivity contribution in [1.29, 1.82) is 0 Å². The van der Waals surface area contributed by atoms with Crippen LogP contribution in [0, 0.1) is 0 Å². The molecule has 0 fully saturated rings. The van der Waals surface area contributed by atoms with Crippen molar-refractivity contribution in [2.45, 2.75) is 26.3 Å². The zero-order valence-corrected chi connectivity index (χ0v) is 14.8. The minimum Gasteiger partial charge on any atom is -0.308 e. The molecule has 1 atom stereocenters. The lowest BCUT2D eigenvalue weighted by molar-refractivity contribution is 0.564. The lowest BCUT2D eigenvalue weighted by atomic mass is 10.3. The van der Waals surface area contributed by atoms with E-state index < -0.39 is 0 Å². The van der Waals surface area contributed by atoms with Gasteiger partial charge in [0, 0.05) is 4.47 Å². The Morgan fingerprint density at radius 1 is 1.33 bits per heavy atom. The van der Waals surface area contributed by atoms with Gasteiger partial charge in [-0.05, 0) is 57.8 Å². The van der Waals surface area contributed by atoms with Crippen LogP contribution in [0.1, 0.15) is 31.3 Å². The summed E-state index contributed by atoms with van der Waals surface area (Å²) in [6, 6.07) is 2.34. The van der Waals surface area contributed by atoms with Crippen molar-refractivity contribution in [3.63, 3.8) is 0 Å². The van der Waals surface area contributed by atoms with E-state index in [0.29, 0.717) is 0 Å². The van der Waals surface area contributed by atoms with E-state index >= 15 is 0 Å².